The van der Waals surface area contributed by atoms with Gasteiger partial charge in [-0.25, -0.2) is 0 Å². The SMILES string of the molecule is CCNC(CC1CCCCC1)c1c(Cl)cnn1C. The first-order valence-corrected chi connectivity index (χ1v) is 7.51. The normalized spacial score (nSPS) is 19.1. The standard InChI is InChI=1S/C14H24ClN3/c1-3-16-13(9-11-7-5-4-6-8-11)14-12(15)10-17-18(14)2/h10-11,13,16H,3-9H2,1-2H3. The number of aryl methyl sites for hydroxylation is 1. The average Bonchev–Trinajstić information content (AvgIpc) is 2.70. The highest BCUT2D eigenvalue weighted by molar-refractivity contribution is 6.31. The second-order valence-corrected chi connectivity index (χ2v) is 5.76. The van der Waals surface area contributed by atoms with Crippen molar-refractivity contribution in [3.8, 4) is 0 Å². The molecule has 18 heavy (non-hydrogen) atoms. The zero-order valence-corrected chi connectivity index (χ0v) is 12.2. The van der Waals surface area contributed by atoms with Crippen molar-refractivity contribution in [2.75, 3.05) is 6.54 Å². The Morgan fingerprint density at radius 3 is 2.72 bits per heavy atom. The molecule has 3 nitrogen and oxygen atoms in total. The van der Waals surface area contributed by atoms with Crippen LogP contribution in [-0.4, -0.2) is 16.3 Å². The Bertz CT molecular complexity index is 350. The topological polar surface area (TPSA) is 29.9 Å². The molecule has 1 unspecified atom stereocenters. The Hall–Kier alpha value is -0.540. The fourth-order valence-electron chi connectivity index (χ4n) is 3.11. The Labute approximate surface area is 115 Å². The summed E-state index contributed by atoms with van der Waals surface area (Å²) >= 11 is 6.27. The van der Waals surface area contributed by atoms with E-state index in [2.05, 4.69) is 17.3 Å². The van der Waals surface area contributed by atoms with Gasteiger partial charge in [0.15, 0.2) is 0 Å². The molecule has 2 rings (SSSR count). The molecular weight excluding hydrogens is 246 g/mol. The Kier molecular flexibility index (Phi) is 5.07. The fraction of sp³-hybridized carbons (Fsp3) is 0.786. The van der Waals surface area contributed by atoms with Crippen molar-refractivity contribution in [1.29, 1.82) is 0 Å². The van der Waals surface area contributed by atoms with Gasteiger partial charge in [-0.1, -0.05) is 50.6 Å². The molecule has 1 atom stereocenters. The monoisotopic (exact) mass is 269 g/mol. The molecule has 1 N–H and O–H groups in total. The molecule has 4 heteroatoms. The number of hydrogen-bond acceptors (Lipinski definition) is 2. The second kappa shape index (κ2) is 6.58. The smallest absolute Gasteiger partial charge is 0.0834 e. The van der Waals surface area contributed by atoms with Crippen molar-refractivity contribution in [2.24, 2.45) is 13.0 Å². The highest BCUT2D eigenvalue weighted by atomic mass is 35.5. The van der Waals surface area contributed by atoms with E-state index in [9.17, 15) is 0 Å². The van der Waals surface area contributed by atoms with E-state index >= 15 is 0 Å². The van der Waals surface area contributed by atoms with E-state index in [-0.39, 0.29) is 0 Å². The molecule has 1 aliphatic carbocycles. The molecule has 1 heterocycles. The maximum Gasteiger partial charge on any atom is 0.0834 e. The molecule has 1 aliphatic rings. The molecule has 0 aromatic carbocycles. The molecule has 0 amide bonds. The summed E-state index contributed by atoms with van der Waals surface area (Å²) in [6, 6.07) is 0.345. The van der Waals surface area contributed by atoms with E-state index in [4.69, 9.17) is 11.6 Å². The van der Waals surface area contributed by atoms with E-state index < -0.39 is 0 Å². The minimum atomic E-state index is 0.345. The summed E-state index contributed by atoms with van der Waals surface area (Å²) in [6.07, 6.45) is 9.88. The van der Waals surface area contributed by atoms with Gasteiger partial charge in [0.1, 0.15) is 0 Å². The third-order valence-electron chi connectivity index (χ3n) is 4.01. The van der Waals surface area contributed by atoms with E-state index in [1.54, 1.807) is 6.20 Å². The molecule has 0 aliphatic heterocycles. The lowest BCUT2D eigenvalue weighted by molar-refractivity contribution is 0.296. The molecule has 1 aromatic heterocycles. The molecule has 1 aromatic rings. The highest BCUT2D eigenvalue weighted by Gasteiger charge is 2.23. The van der Waals surface area contributed by atoms with E-state index in [0.717, 1.165) is 23.2 Å². The van der Waals surface area contributed by atoms with Crippen molar-refractivity contribution in [1.82, 2.24) is 15.1 Å². The zero-order valence-electron chi connectivity index (χ0n) is 11.5. The van der Waals surface area contributed by atoms with Gasteiger partial charge in [0.25, 0.3) is 0 Å². The van der Waals surface area contributed by atoms with Crippen LogP contribution in [0.25, 0.3) is 0 Å². The van der Waals surface area contributed by atoms with Crippen LogP contribution in [0.2, 0.25) is 5.02 Å². The van der Waals surface area contributed by atoms with Crippen LogP contribution in [0.1, 0.15) is 57.2 Å². The van der Waals surface area contributed by atoms with Crippen molar-refractivity contribution >= 4 is 11.6 Å². The maximum absolute atomic E-state index is 6.27. The summed E-state index contributed by atoms with van der Waals surface area (Å²) < 4.78 is 1.92. The molecule has 0 spiro atoms. The lowest BCUT2D eigenvalue weighted by atomic mass is 9.84. The van der Waals surface area contributed by atoms with E-state index in [1.165, 1.54) is 38.5 Å². The van der Waals surface area contributed by atoms with Gasteiger partial charge in [-0.2, -0.15) is 5.10 Å². The molecule has 0 bridgehead atoms. The second-order valence-electron chi connectivity index (χ2n) is 5.35. The molecule has 1 saturated carbocycles. The first kappa shape index (κ1) is 13.9. The number of aromatic nitrogens is 2. The van der Waals surface area contributed by atoms with Crippen LogP contribution < -0.4 is 5.32 Å². The van der Waals surface area contributed by atoms with Gasteiger partial charge in [0.05, 0.1) is 23.0 Å². The van der Waals surface area contributed by atoms with Gasteiger partial charge < -0.3 is 5.32 Å². The summed E-state index contributed by atoms with van der Waals surface area (Å²) in [6.45, 7) is 3.12. The van der Waals surface area contributed by atoms with Gasteiger partial charge >= 0.3 is 0 Å². The van der Waals surface area contributed by atoms with Gasteiger partial charge in [-0.3, -0.25) is 4.68 Å². The highest BCUT2D eigenvalue weighted by Crippen LogP contribution is 2.33. The number of hydrogen-bond donors (Lipinski definition) is 1. The predicted octanol–water partition coefficient (Wildman–Crippen LogP) is 3.69. The third-order valence-corrected chi connectivity index (χ3v) is 4.30. The van der Waals surface area contributed by atoms with E-state index in [0.29, 0.717) is 6.04 Å². The fourth-order valence-corrected chi connectivity index (χ4v) is 3.40. The first-order valence-electron chi connectivity index (χ1n) is 7.13. The number of nitrogens with one attached hydrogen (secondary N) is 1. The van der Waals surface area contributed by atoms with Gasteiger partial charge in [-0.15, -0.1) is 0 Å². The largest absolute Gasteiger partial charge is 0.309 e. The van der Waals surface area contributed by atoms with Gasteiger partial charge in [0.2, 0.25) is 0 Å². The van der Waals surface area contributed by atoms with Gasteiger partial charge in [-0.05, 0) is 18.9 Å². The predicted molar refractivity (Wildman–Crippen MR) is 75.8 cm³/mol. The van der Waals surface area contributed by atoms with Crippen LogP contribution in [-0.2, 0) is 7.05 Å². The summed E-state index contributed by atoms with van der Waals surface area (Å²) in [5, 5.41) is 8.62. The van der Waals surface area contributed by atoms with Crippen LogP contribution in [0.5, 0.6) is 0 Å². The van der Waals surface area contributed by atoms with Crippen molar-refractivity contribution in [3.63, 3.8) is 0 Å². The van der Waals surface area contributed by atoms with Crippen LogP contribution in [0.15, 0.2) is 6.20 Å². The van der Waals surface area contributed by atoms with Crippen LogP contribution in [0.3, 0.4) is 0 Å². The Morgan fingerprint density at radius 2 is 2.17 bits per heavy atom. The minimum absolute atomic E-state index is 0.345. The summed E-state index contributed by atoms with van der Waals surface area (Å²) in [4.78, 5) is 0. The maximum atomic E-state index is 6.27. The Balaban J connectivity index is 2.07. The average molecular weight is 270 g/mol. The summed E-state index contributed by atoms with van der Waals surface area (Å²) in [5.41, 5.74) is 1.14. The summed E-state index contributed by atoms with van der Waals surface area (Å²) in [5.74, 6) is 0.841. The molecule has 0 saturated heterocycles. The molecule has 0 radical (unpaired) electrons. The van der Waals surface area contributed by atoms with Crippen molar-refractivity contribution in [3.05, 3.63) is 16.9 Å². The molecule has 1 fully saturated rings. The van der Waals surface area contributed by atoms with Crippen molar-refractivity contribution < 1.29 is 0 Å². The van der Waals surface area contributed by atoms with Crippen LogP contribution >= 0.6 is 11.6 Å². The Morgan fingerprint density at radius 1 is 1.44 bits per heavy atom. The van der Waals surface area contributed by atoms with E-state index in [1.807, 2.05) is 11.7 Å². The lowest BCUT2D eigenvalue weighted by Gasteiger charge is -2.27. The van der Waals surface area contributed by atoms with Gasteiger partial charge in [0, 0.05) is 7.05 Å². The zero-order chi connectivity index (χ0) is 13.0. The third kappa shape index (κ3) is 3.27. The number of nitrogens with zero attached hydrogens (tertiary/aromatic N) is 2. The minimum Gasteiger partial charge on any atom is -0.309 e. The summed E-state index contributed by atoms with van der Waals surface area (Å²) in [7, 11) is 1.98. The number of halogens is 1. The molecular formula is C14H24ClN3. The lowest BCUT2D eigenvalue weighted by Crippen LogP contribution is -2.26. The molecule has 102 valence electrons. The van der Waals surface area contributed by atoms with Crippen molar-refractivity contribution in [2.45, 2.75) is 51.5 Å². The first-order chi connectivity index (χ1) is 8.72. The number of rotatable bonds is 5. The van der Waals surface area contributed by atoms with Crippen LogP contribution in [0, 0.1) is 5.92 Å². The quantitative estimate of drug-likeness (QED) is 0.883. The van der Waals surface area contributed by atoms with Crippen LogP contribution in [0.4, 0.5) is 0 Å².